The number of cyclic esters (lactones) is 1. The number of esters is 1. The van der Waals surface area contributed by atoms with Gasteiger partial charge in [0.2, 0.25) is 0 Å². The Morgan fingerprint density at radius 3 is 2.59 bits per heavy atom. The summed E-state index contributed by atoms with van der Waals surface area (Å²) in [5.74, 6) is 1.34. The van der Waals surface area contributed by atoms with Gasteiger partial charge in [-0.2, -0.15) is 0 Å². The number of carboxylic acid groups (broad SMARTS) is 1. The van der Waals surface area contributed by atoms with Gasteiger partial charge < -0.3 is 9.84 Å². The Balaban J connectivity index is 1.66. The quantitative estimate of drug-likeness (QED) is 0.331. The van der Waals surface area contributed by atoms with Gasteiger partial charge in [0.1, 0.15) is 5.76 Å². The average molecular weight is 467 g/mol. The van der Waals surface area contributed by atoms with Gasteiger partial charge in [-0.1, -0.05) is 51.5 Å². The molecule has 0 aromatic carbocycles. The Hall–Kier alpha value is -2.10. The summed E-state index contributed by atoms with van der Waals surface area (Å²) in [5.41, 5.74) is 3.64. The summed E-state index contributed by atoms with van der Waals surface area (Å²) in [5, 5.41) is 9.49. The first kappa shape index (κ1) is 25.0. The molecule has 0 saturated heterocycles. The molecule has 7 atom stereocenters. The first-order chi connectivity index (χ1) is 15.8. The van der Waals surface area contributed by atoms with Crippen LogP contribution in [-0.2, 0) is 14.3 Å². The highest BCUT2D eigenvalue weighted by atomic mass is 16.5. The van der Waals surface area contributed by atoms with Gasteiger partial charge in [-0.25, -0.2) is 4.79 Å². The monoisotopic (exact) mass is 466 g/mol. The van der Waals surface area contributed by atoms with Gasteiger partial charge in [0, 0.05) is 12.0 Å². The van der Waals surface area contributed by atoms with Crippen LogP contribution in [0, 0.1) is 39.9 Å². The zero-order chi connectivity index (χ0) is 25.1. The normalized spacial score (nSPS) is 41.3. The van der Waals surface area contributed by atoms with Crippen molar-refractivity contribution < 1.29 is 19.4 Å². The van der Waals surface area contributed by atoms with Crippen LogP contribution in [0.2, 0.25) is 0 Å². The van der Waals surface area contributed by atoms with Crippen LogP contribution in [0.25, 0.3) is 0 Å². The van der Waals surface area contributed by atoms with Crippen molar-refractivity contribution in [1.82, 2.24) is 0 Å². The molecule has 0 bridgehead atoms. The van der Waals surface area contributed by atoms with Gasteiger partial charge in [-0.05, 0) is 104 Å². The van der Waals surface area contributed by atoms with Gasteiger partial charge >= 0.3 is 11.9 Å². The SMILES string of the molecule is C=C(C)C1CC=C2C(CCC3(C)C(C(C)C=C4C=C(C)C(=O)O4)CCC23C)C1(C)CCC(=O)O. The molecule has 4 rings (SSSR count). The van der Waals surface area contributed by atoms with Gasteiger partial charge in [0.25, 0.3) is 0 Å². The lowest BCUT2D eigenvalue weighted by Crippen LogP contribution is -2.52. The minimum atomic E-state index is -0.704. The molecule has 0 spiro atoms. The molecule has 0 aromatic rings. The molecule has 4 heteroatoms. The zero-order valence-corrected chi connectivity index (χ0v) is 21.9. The molecule has 2 saturated carbocycles. The van der Waals surface area contributed by atoms with Gasteiger partial charge in [0.15, 0.2) is 0 Å². The number of carboxylic acids is 1. The lowest BCUT2D eigenvalue weighted by Gasteiger charge is -2.60. The topological polar surface area (TPSA) is 63.6 Å². The summed E-state index contributed by atoms with van der Waals surface area (Å²) in [6, 6.07) is 0. The minimum absolute atomic E-state index is 0.0648. The van der Waals surface area contributed by atoms with E-state index in [9.17, 15) is 14.7 Å². The van der Waals surface area contributed by atoms with Crippen LogP contribution in [0.1, 0.15) is 86.5 Å². The molecular weight excluding hydrogens is 424 g/mol. The second kappa shape index (κ2) is 8.53. The largest absolute Gasteiger partial charge is 0.481 e. The van der Waals surface area contributed by atoms with Crippen LogP contribution < -0.4 is 0 Å². The third kappa shape index (κ3) is 3.72. The van der Waals surface area contributed by atoms with Crippen LogP contribution in [-0.4, -0.2) is 17.0 Å². The second-order valence-corrected chi connectivity index (χ2v) is 12.3. The maximum atomic E-state index is 11.8. The number of allylic oxidation sites excluding steroid dienone is 5. The van der Waals surface area contributed by atoms with Crippen molar-refractivity contribution in [1.29, 1.82) is 0 Å². The van der Waals surface area contributed by atoms with Crippen molar-refractivity contribution in [2.75, 3.05) is 0 Å². The first-order valence-corrected chi connectivity index (χ1v) is 13.0. The van der Waals surface area contributed by atoms with Crippen LogP contribution in [0.3, 0.4) is 0 Å². The van der Waals surface area contributed by atoms with Crippen molar-refractivity contribution in [2.45, 2.75) is 86.5 Å². The van der Waals surface area contributed by atoms with Crippen LogP contribution in [0.4, 0.5) is 0 Å². The lowest BCUT2D eigenvalue weighted by atomic mass is 9.44. The van der Waals surface area contributed by atoms with Crippen LogP contribution in [0.15, 0.2) is 47.3 Å². The molecule has 34 heavy (non-hydrogen) atoms. The molecule has 1 aliphatic heterocycles. The van der Waals surface area contributed by atoms with E-state index in [0.717, 1.165) is 32.1 Å². The minimum Gasteiger partial charge on any atom is -0.481 e. The number of rotatable bonds is 6. The fraction of sp³-hybridized carbons (Fsp3) is 0.667. The number of carbonyl (C=O) groups excluding carboxylic acids is 1. The molecule has 1 N–H and O–H groups in total. The van der Waals surface area contributed by atoms with E-state index in [4.69, 9.17) is 4.74 Å². The number of hydrogen-bond acceptors (Lipinski definition) is 3. The van der Waals surface area contributed by atoms with E-state index in [2.05, 4.69) is 53.3 Å². The van der Waals surface area contributed by atoms with Crippen molar-refractivity contribution >= 4 is 11.9 Å². The van der Waals surface area contributed by atoms with Gasteiger partial charge in [-0.3, -0.25) is 4.79 Å². The maximum absolute atomic E-state index is 11.8. The second-order valence-electron chi connectivity index (χ2n) is 12.3. The highest BCUT2D eigenvalue weighted by Crippen LogP contribution is 2.71. The molecule has 186 valence electrons. The number of carbonyl (C=O) groups is 2. The summed E-state index contributed by atoms with van der Waals surface area (Å²) in [7, 11) is 0. The summed E-state index contributed by atoms with van der Waals surface area (Å²) in [6.07, 6.45) is 13.0. The van der Waals surface area contributed by atoms with Crippen LogP contribution in [0.5, 0.6) is 0 Å². The molecule has 4 aliphatic rings. The molecule has 3 aliphatic carbocycles. The van der Waals surface area contributed by atoms with E-state index >= 15 is 0 Å². The highest BCUT2D eigenvalue weighted by Gasteiger charge is 2.63. The predicted octanol–water partition coefficient (Wildman–Crippen LogP) is 7.24. The molecule has 7 unspecified atom stereocenters. The number of hydrogen-bond donors (Lipinski definition) is 1. The summed E-state index contributed by atoms with van der Waals surface area (Å²) >= 11 is 0. The fourth-order valence-corrected chi connectivity index (χ4v) is 8.47. The third-order valence-corrected chi connectivity index (χ3v) is 10.6. The Labute approximate surface area is 205 Å². The first-order valence-electron chi connectivity index (χ1n) is 13.0. The smallest absolute Gasteiger partial charge is 0.339 e. The van der Waals surface area contributed by atoms with E-state index in [-0.39, 0.29) is 28.6 Å². The predicted molar refractivity (Wildman–Crippen MR) is 135 cm³/mol. The van der Waals surface area contributed by atoms with Crippen LogP contribution >= 0.6 is 0 Å². The third-order valence-electron chi connectivity index (χ3n) is 10.6. The maximum Gasteiger partial charge on any atom is 0.339 e. The Morgan fingerprint density at radius 2 is 2.00 bits per heavy atom. The average Bonchev–Trinajstić information content (AvgIpc) is 3.21. The van der Waals surface area contributed by atoms with E-state index < -0.39 is 5.97 Å². The molecule has 0 radical (unpaired) electrons. The van der Waals surface area contributed by atoms with Crippen molar-refractivity contribution in [3.63, 3.8) is 0 Å². The molecule has 2 fully saturated rings. The van der Waals surface area contributed by atoms with Gasteiger partial charge in [-0.15, -0.1) is 0 Å². The molecule has 1 heterocycles. The highest BCUT2D eigenvalue weighted by molar-refractivity contribution is 5.92. The molecule has 4 nitrogen and oxygen atoms in total. The summed E-state index contributed by atoms with van der Waals surface area (Å²) < 4.78 is 5.45. The Kier molecular flexibility index (Phi) is 6.28. The van der Waals surface area contributed by atoms with E-state index in [1.165, 1.54) is 5.57 Å². The molecular formula is C30H42O4. The Morgan fingerprint density at radius 1 is 1.29 bits per heavy atom. The summed E-state index contributed by atoms with van der Waals surface area (Å²) in [4.78, 5) is 23.4. The fourth-order valence-electron chi connectivity index (χ4n) is 8.47. The molecule has 0 amide bonds. The van der Waals surface area contributed by atoms with E-state index in [1.54, 1.807) is 12.5 Å². The van der Waals surface area contributed by atoms with E-state index in [1.807, 2.05) is 6.08 Å². The molecule has 0 aromatic heterocycles. The number of aliphatic carboxylic acids is 1. The standard InChI is InChI=1S/C30H42O4/c1-18(2)22-8-9-25-24(28(22,5)13-12-26(31)32)11-15-29(6)23(10-14-30(25,29)7)19(3)16-21-17-20(4)27(33)34-21/h9,16-17,19,22-24H,1,8,10-15H2,2-7H3,(H,31,32). The summed E-state index contributed by atoms with van der Waals surface area (Å²) in [6.45, 7) is 17.8. The lowest BCUT2D eigenvalue weighted by molar-refractivity contribution is -0.138. The number of fused-ring (bicyclic) bond motifs is 3. The number of ether oxygens (including phenoxy) is 1. The zero-order valence-electron chi connectivity index (χ0n) is 21.9. The van der Waals surface area contributed by atoms with Crippen molar-refractivity contribution in [3.8, 4) is 0 Å². The van der Waals surface area contributed by atoms with Crippen molar-refractivity contribution in [2.24, 2.45) is 39.9 Å². The van der Waals surface area contributed by atoms with E-state index in [0.29, 0.717) is 41.4 Å². The Bertz CT molecular complexity index is 999. The van der Waals surface area contributed by atoms with Gasteiger partial charge in [0.05, 0.1) is 0 Å². The van der Waals surface area contributed by atoms with Crippen molar-refractivity contribution in [3.05, 3.63) is 47.3 Å².